The van der Waals surface area contributed by atoms with Crippen LogP contribution < -0.4 is 11.1 Å². The molecule has 6 heteroatoms. The molecule has 0 aliphatic rings. The largest absolute Gasteiger partial charge is 0.268 e. The molecule has 4 aromatic heterocycles. The molecular formula is C26H12N4O2. The van der Waals surface area contributed by atoms with Crippen molar-refractivity contribution >= 4 is 65.7 Å². The van der Waals surface area contributed by atoms with Gasteiger partial charge in [0.2, 0.25) is 0 Å². The molecule has 8 rings (SSSR count). The normalized spacial score (nSPS) is 12.6. The van der Waals surface area contributed by atoms with Gasteiger partial charge in [0.25, 0.3) is 11.1 Å². The van der Waals surface area contributed by atoms with E-state index < -0.39 is 0 Å². The van der Waals surface area contributed by atoms with Crippen molar-refractivity contribution < 1.29 is 0 Å². The minimum absolute atomic E-state index is 0.128. The van der Waals surface area contributed by atoms with Crippen molar-refractivity contribution in [2.24, 2.45) is 0 Å². The molecule has 0 fully saturated rings. The van der Waals surface area contributed by atoms with Crippen LogP contribution >= 0.6 is 0 Å². The second kappa shape index (κ2) is 5.18. The summed E-state index contributed by atoms with van der Waals surface area (Å²) in [6.07, 6.45) is 0. The van der Waals surface area contributed by atoms with E-state index in [4.69, 9.17) is 9.97 Å². The fourth-order valence-electron chi connectivity index (χ4n) is 5.29. The Hall–Kier alpha value is -4.58. The number of hydrogen-bond donors (Lipinski definition) is 0. The molecule has 0 N–H and O–H groups in total. The van der Waals surface area contributed by atoms with Gasteiger partial charge >= 0.3 is 0 Å². The highest BCUT2D eigenvalue weighted by molar-refractivity contribution is 6.27. The van der Waals surface area contributed by atoms with E-state index in [2.05, 4.69) is 0 Å². The molecular weight excluding hydrogens is 400 g/mol. The van der Waals surface area contributed by atoms with Crippen LogP contribution in [-0.4, -0.2) is 18.8 Å². The number of fused-ring (bicyclic) bond motifs is 8. The summed E-state index contributed by atoms with van der Waals surface area (Å²) in [6.45, 7) is 0. The second-order valence-electron chi connectivity index (χ2n) is 8.20. The molecule has 0 aliphatic carbocycles. The van der Waals surface area contributed by atoms with Crippen LogP contribution in [0.4, 0.5) is 0 Å². The van der Waals surface area contributed by atoms with E-state index in [1.807, 2.05) is 60.7 Å². The number of nitrogens with zero attached hydrogens (tertiary/aromatic N) is 4. The van der Waals surface area contributed by atoms with Crippen molar-refractivity contribution in [1.82, 2.24) is 18.8 Å². The Bertz CT molecular complexity index is 2030. The number of para-hydroxylation sites is 4. The van der Waals surface area contributed by atoms with E-state index in [-0.39, 0.29) is 11.1 Å². The minimum atomic E-state index is -0.128. The maximum Gasteiger partial charge on any atom is 0.264 e. The lowest BCUT2D eigenvalue weighted by Gasteiger charge is -2.12. The number of hydrogen-bond acceptors (Lipinski definition) is 4. The molecule has 0 amide bonds. The summed E-state index contributed by atoms with van der Waals surface area (Å²) in [5.41, 5.74) is 4.07. The molecule has 0 bridgehead atoms. The predicted molar refractivity (Wildman–Crippen MR) is 126 cm³/mol. The molecule has 32 heavy (non-hydrogen) atoms. The van der Waals surface area contributed by atoms with Gasteiger partial charge in [-0.2, -0.15) is 0 Å². The summed E-state index contributed by atoms with van der Waals surface area (Å²) in [6, 6.07) is 22.8. The van der Waals surface area contributed by atoms with Gasteiger partial charge in [-0.3, -0.25) is 18.4 Å². The van der Waals surface area contributed by atoms with Crippen molar-refractivity contribution in [3.8, 4) is 0 Å². The van der Waals surface area contributed by atoms with Gasteiger partial charge in [-0.1, -0.05) is 24.3 Å². The summed E-state index contributed by atoms with van der Waals surface area (Å²) < 4.78 is 3.35. The third-order valence-corrected chi connectivity index (χ3v) is 6.63. The summed E-state index contributed by atoms with van der Waals surface area (Å²) in [4.78, 5) is 36.7. The third kappa shape index (κ3) is 1.66. The Morgan fingerprint density at radius 1 is 0.500 bits per heavy atom. The Morgan fingerprint density at radius 3 is 1.38 bits per heavy atom. The molecule has 4 heterocycles. The van der Waals surface area contributed by atoms with Gasteiger partial charge in [0.15, 0.2) is 0 Å². The van der Waals surface area contributed by atoms with Crippen LogP contribution in [0.15, 0.2) is 82.4 Å². The Balaban J connectivity index is 1.74. The van der Waals surface area contributed by atoms with Crippen LogP contribution in [0, 0.1) is 0 Å². The van der Waals surface area contributed by atoms with E-state index in [1.165, 1.54) is 0 Å². The highest BCUT2D eigenvalue weighted by Gasteiger charge is 2.21. The van der Waals surface area contributed by atoms with Crippen molar-refractivity contribution in [3.63, 3.8) is 0 Å². The first-order valence-electron chi connectivity index (χ1n) is 10.4. The summed E-state index contributed by atoms with van der Waals surface area (Å²) in [5, 5.41) is 4.42. The first kappa shape index (κ1) is 16.2. The van der Waals surface area contributed by atoms with Gasteiger partial charge in [-0.05, 0) is 48.5 Å². The van der Waals surface area contributed by atoms with E-state index >= 15 is 0 Å². The van der Waals surface area contributed by atoms with Crippen LogP contribution in [0.5, 0.6) is 0 Å². The van der Waals surface area contributed by atoms with Crippen molar-refractivity contribution in [2.45, 2.75) is 0 Å². The molecule has 8 aromatic rings. The zero-order valence-electron chi connectivity index (χ0n) is 16.5. The van der Waals surface area contributed by atoms with Gasteiger partial charge in [-0.25, -0.2) is 9.97 Å². The van der Waals surface area contributed by atoms with Crippen LogP contribution in [0.3, 0.4) is 0 Å². The SMILES string of the molecule is O=c1c2ccc3c(=O)n4c5ccccc5nc4c4ccc(c2c34)c2nc3ccccc3n12. The van der Waals surface area contributed by atoms with Crippen LogP contribution in [-0.2, 0) is 0 Å². The van der Waals surface area contributed by atoms with Crippen LogP contribution in [0.25, 0.3) is 65.7 Å². The number of rotatable bonds is 0. The first-order chi connectivity index (χ1) is 15.7. The zero-order valence-corrected chi connectivity index (χ0v) is 16.5. The molecule has 0 saturated carbocycles. The quantitative estimate of drug-likeness (QED) is 0.348. The maximum atomic E-state index is 13.6. The number of imidazole rings is 2. The lowest BCUT2D eigenvalue weighted by Crippen LogP contribution is -2.16. The van der Waals surface area contributed by atoms with E-state index in [1.54, 1.807) is 20.9 Å². The molecule has 0 spiro atoms. The van der Waals surface area contributed by atoms with E-state index in [9.17, 15) is 9.59 Å². The summed E-state index contributed by atoms with van der Waals surface area (Å²) >= 11 is 0. The van der Waals surface area contributed by atoms with Gasteiger partial charge in [0.05, 0.1) is 22.1 Å². The second-order valence-corrected chi connectivity index (χ2v) is 8.20. The molecule has 0 saturated heterocycles. The average Bonchev–Trinajstić information content (AvgIpc) is 3.40. The van der Waals surface area contributed by atoms with Crippen LogP contribution in [0.1, 0.15) is 0 Å². The highest BCUT2D eigenvalue weighted by Crippen LogP contribution is 2.36. The number of benzene rings is 4. The Kier molecular flexibility index (Phi) is 2.61. The molecule has 6 nitrogen and oxygen atoms in total. The Labute approximate surface area is 178 Å². The topological polar surface area (TPSA) is 68.7 Å². The Morgan fingerprint density at radius 2 is 0.906 bits per heavy atom. The molecule has 0 atom stereocenters. The lowest BCUT2D eigenvalue weighted by molar-refractivity contribution is 1.18. The lowest BCUT2D eigenvalue weighted by atomic mass is 9.96. The molecule has 0 radical (unpaired) electrons. The van der Waals surface area contributed by atoms with Crippen molar-refractivity contribution in [2.75, 3.05) is 0 Å². The zero-order chi connectivity index (χ0) is 21.1. The summed E-state index contributed by atoms with van der Waals surface area (Å²) in [7, 11) is 0. The average molecular weight is 412 g/mol. The van der Waals surface area contributed by atoms with Gasteiger partial charge < -0.3 is 0 Å². The number of aromatic nitrogens is 4. The molecule has 0 unspecified atom stereocenters. The fourth-order valence-corrected chi connectivity index (χ4v) is 5.29. The van der Waals surface area contributed by atoms with Crippen LogP contribution in [0.2, 0.25) is 0 Å². The molecule has 0 aliphatic heterocycles. The monoisotopic (exact) mass is 412 g/mol. The molecule has 4 aromatic carbocycles. The predicted octanol–water partition coefficient (Wildman–Crippen LogP) is 4.34. The van der Waals surface area contributed by atoms with E-state index in [0.717, 1.165) is 43.6 Å². The van der Waals surface area contributed by atoms with Gasteiger partial charge in [0.1, 0.15) is 11.3 Å². The van der Waals surface area contributed by atoms with Gasteiger partial charge in [-0.15, -0.1) is 0 Å². The van der Waals surface area contributed by atoms with Gasteiger partial charge in [0, 0.05) is 32.3 Å². The third-order valence-electron chi connectivity index (χ3n) is 6.63. The van der Waals surface area contributed by atoms with E-state index in [0.29, 0.717) is 22.1 Å². The standard InChI is InChI=1S/C26H12N4O2/c31-25-15-11-12-16-22-14(24-28-18-6-2-4-8-20(18)30(24)26(16)32)10-9-13(21(15)22)23-27-17-5-1-3-7-19(17)29(23)25/h1-12H. The minimum Gasteiger partial charge on any atom is -0.268 e. The summed E-state index contributed by atoms with van der Waals surface area (Å²) in [5.74, 6) is 0. The number of pyridine rings is 2. The highest BCUT2D eigenvalue weighted by atomic mass is 16.1. The van der Waals surface area contributed by atoms with Crippen molar-refractivity contribution in [1.29, 1.82) is 0 Å². The molecule has 148 valence electrons. The first-order valence-corrected chi connectivity index (χ1v) is 10.4. The smallest absolute Gasteiger partial charge is 0.264 e. The van der Waals surface area contributed by atoms with Crippen molar-refractivity contribution in [3.05, 3.63) is 93.5 Å². The maximum absolute atomic E-state index is 13.6. The fraction of sp³-hybridized carbons (Fsp3) is 0.